The molecular weight excluding hydrogens is 322 g/mol. The molecule has 0 aliphatic carbocycles. The lowest BCUT2D eigenvalue weighted by atomic mass is 10.2. The fourth-order valence-corrected chi connectivity index (χ4v) is 2.54. The molecule has 1 heterocycles. The minimum Gasteiger partial charge on any atom is -0.444 e. The number of rotatable bonds is 4. The zero-order valence-electron chi connectivity index (χ0n) is 12.6. The molecule has 2 rings (SSSR count). The monoisotopic (exact) mass is 339 g/mol. The van der Waals surface area contributed by atoms with Gasteiger partial charge in [0.2, 0.25) is 0 Å². The molecule has 0 saturated carbocycles. The van der Waals surface area contributed by atoms with E-state index in [2.05, 4.69) is 15.6 Å². The Bertz CT molecular complexity index is 635. The average molecular weight is 340 g/mol. The largest absolute Gasteiger partial charge is 0.444 e. The number of hydrogen-bond donors (Lipinski definition) is 2. The molecule has 0 radical (unpaired) electrons. The van der Waals surface area contributed by atoms with E-state index >= 15 is 0 Å². The highest BCUT2D eigenvalue weighted by Crippen LogP contribution is 2.20. The van der Waals surface area contributed by atoms with Gasteiger partial charge in [-0.05, 0) is 45.0 Å². The summed E-state index contributed by atoms with van der Waals surface area (Å²) in [6, 6.07) is 7.37. The van der Waals surface area contributed by atoms with Crippen LogP contribution in [0.1, 0.15) is 25.8 Å². The van der Waals surface area contributed by atoms with Crippen LogP contribution in [0.25, 0.3) is 0 Å². The number of nitrogens with one attached hydrogen (secondary N) is 2. The first-order valence-electron chi connectivity index (χ1n) is 6.76. The standard InChI is InChI=1S/C15H18ClN3O2S/c1-15(2,3)21-14(20)19-11-6-4-10(5-7-11)17-9-13-18-8-12(16)22-13/h4-8,17H,9H2,1-3H3,(H,19,20). The van der Waals surface area contributed by atoms with Gasteiger partial charge in [0.05, 0.1) is 12.7 Å². The lowest BCUT2D eigenvalue weighted by molar-refractivity contribution is 0.0636. The molecule has 1 aromatic carbocycles. The minimum absolute atomic E-state index is 0.467. The molecule has 22 heavy (non-hydrogen) atoms. The molecule has 0 aliphatic rings. The van der Waals surface area contributed by atoms with Crippen molar-refractivity contribution in [3.63, 3.8) is 0 Å². The highest BCUT2D eigenvalue weighted by Gasteiger charge is 2.16. The summed E-state index contributed by atoms with van der Waals surface area (Å²) in [4.78, 5) is 15.8. The van der Waals surface area contributed by atoms with Crippen LogP contribution in [0.15, 0.2) is 30.5 Å². The molecule has 1 amide bonds. The summed E-state index contributed by atoms with van der Waals surface area (Å²) in [5.41, 5.74) is 1.10. The summed E-state index contributed by atoms with van der Waals surface area (Å²) < 4.78 is 5.87. The van der Waals surface area contributed by atoms with Crippen LogP contribution in [0.2, 0.25) is 4.34 Å². The van der Waals surface area contributed by atoms with Gasteiger partial charge in [-0.15, -0.1) is 11.3 Å². The topological polar surface area (TPSA) is 63.2 Å². The fourth-order valence-electron chi connectivity index (χ4n) is 1.64. The Balaban J connectivity index is 1.86. The summed E-state index contributed by atoms with van der Waals surface area (Å²) in [5, 5.41) is 6.84. The highest BCUT2D eigenvalue weighted by atomic mass is 35.5. The summed E-state index contributed by atoms with van der Waals surface area (Å²) in [5.74, 6) is 0. The summed E-state index contributed by atoms with van der Waals surface area (Å²) in [7, 11) is 0. The number of amides is 1. The molecule has 118 valence electrons. The van der Waals surface area contributed by atoms with Gasteiger partial charge in [0, 0.05) is 11.4 Å². The third kappa shape index (κ3) is 5.54. The Morgan fingerprint density at radius 3 is 2.45 bits per heavy atom. The maximum absolute atomic E-state index is 11.7. The number of thiazole rings is 1. The van der Waals surface area contributed by atoms with Crippen molar-refractivity contribution in [3.8, 4) is 0 Å². The van der Waals surface area contributed by atoms with Gasteiger partial charge < -0.3 is 10.1 Å². The first-order chi connectivity index (χ1) is 10.3. The number of hydrogen-bond acceptors (Lipinski definition) is 5. The maximum atomic E-state index is 11.7. The molecule has 0 aliphatic heterocycles. The fraction of sp³-hybridized carbons (Fsp3) is 0.333. The zero-order valence-corrected chi connectivity index (χ0v) is 14.2. The van der Waals surface area contributed by atoms with Gasteiger partial charge in [-0.3, -0.25) is 5.32 Å². The Kier molecular flexibility index (Phi) is 5.26. The van der Waals surface area contributed by atoms with Crippen LogP contribution in [0.4, 0.5) is 16.2 Å². The molecule has 5 nitrogen and oxygen atoms in total. The molecule has 2 N–H and O–H groups in total. The van der Waals surface area contributed by atoms with Gasteiger partial charge in [-0.2, -0.15) is 0 Å². The average Bonchev–Trinajstić information content (AvgIpc) is 2.81. The van der Waals surface area contributed by atoms with Gasteiger partial charge in [-0.1, -0.05) is 11.6 Å². The lowest BCUT2D eigenvalue weighted by Crippen LogP contribution is -2.27. The van der Waals surface area contributed by atoms with Crippen LogP contribution in [-0.2, 0) is 11.3 Å². The predicted octanol–water partition coefficient (Wildman–Crippen LogP) is 4.76. The molecule has 0 spiro atoms. The quantitative estimate of drug-likeness (QED) is 0.843. The van der Waals surface area contributed by atoms with Crippen LogP contribution >= 0.6 is 22.9 Å². The van der Waals surface area contributed by atoms with Gasteiger partial charge >= 0.3 is 6.09 Å². The Morgan fingerprint density at radius 1 is 1.27 bits per heavy atom. The number of ether oxygens (including phenoxy) is 1. The molecule has 7 heteroatoms. The molecule has 0 unspecified atom stereocenters. The summed E-state index contributed by atoms with van der Waals surface area (Å²) in [6.45, 7) is 6.08. The van der Waals surface area contributed by atoms with Gasteiger partial charge in [0.1, 0.15) is 14.9 Å². The number of carbonyl (C=O) groups is 1. The first kappa shape index (κ1) is 16.6. The van der Waals surface area contributed by atoms with Crippen molar-refractivity contribution < 1.29 is 9.53 Å². The van der Waals surface area contributed by atoms with E-state index in [1.807, 2.05) is 32.9 Å². The van der Waals surface area contributed by atoms with Crippen LogP contribution < -0.4 is 10.6 Å². The molecule has 2 aromatic rings. The van der Waals surface area contributed by atoms with E-state index in [1.165, 1.54) is 11.3 Å². The lowest BCUT2D eigenvalue weighted by Gasteiger charge is -2.19. The number of aromatic nitrogens is 1. The second-order valence-corrected chi connectivity index (χ2v) is 7.36. The summed E-state index contributed by atoms with van der Waals surface area (Å²) in [6.07, 6.45) is 1.17. The number of halogens is 1. The van der Waals surface area contributed by atoms with Gasteiger partial charge in [0.25, 0.3) is 0 Å². The van der Waals surface area contributed by atoms with E-state index in [0.29, 0.717) is 16.6 Å². The van der Waals surface area contributed by atoms with Crippen LogP contribution in [0.3, 0.4) is 0 Å². The van der Waals surface area contributed by atoms with E-state index in [1.54, 1.807) is 18.3 Å². The minimum atomic E-state index is -0.513. The second kappa shape index (κ2) is 6.98. The molecule has 0 saturated heterocycles. The van der Waals surface area contributed by atoms with Crippen molar-refractivity contribution >= 4 is 40.4 Å². The van der Waals surface area contributed by atoms with E-state index in [0.717, 1.165) is 10.7 Å². The normalized spacial score (nSPS) is 11.1. The van der Waals surface area contributed by atoms with Crippen LogP contribution in [0.5, 0.6) is 0 Å². The van der Waals surface area contributed by atoms with Crippen molar-refractivity contribution in [3.05, 3.63) is 39.8 Å². The van der Waals surface area contributed by atoms with Gasteiger partial charge in [-0.25, -0.2) is 9.78 Å². The number of benzene rings is 1. The molecule has 0 atom stereocenters. The van der Waals surface area contributed by atoms with Crippen molar-refractivity contribution in [1.82, 2.24) is 4.98 Å². The van der Waals surface area contributed by atoms with Crippen molar-refractivity contribution in [1.29, 1.82) is 0 Å². The number of carbonyl (C=O) groups excluding carboxylic acids is 1. The van der Waals surface area contributed by atoms with Gasteiger partial charge in [0.15, 0.2) is 0 Å². The SMILES string of the molecule is CC(C)(C)OC(=O)Nc1ccc(NCc2ncc(Cl)s2)cc1. The van der Waals surface area contributed by atoms with E-state index < -0.39 is 11.7 Å². The smallest absolute Gasteiger partial charge is 0.412 e. The van der Waals surface area contributed by atoms with Crippen molar-refractivity contribution in [2.45, 2.75) is 32.9 Å². The third-order valence-corrected chi connectivity index (χ3v) is 3.61. The van der Waals surface area contributed by atoms with Crippen molar-refractivity contribution in [2.24, 2.45) is 0 Å². The Morgan fingerprint density at radius 2 is 1.91 bits per heavy atom. The molecular formula is C15H18ClN3O2S. The second-order valence-electron chi connectivity index (χ2n) is 5.62. The van der Waals surface area contributed by atoms with E-state index in [-0.39, 0.29) is 0 Å². The predicted molar refractivity (Wildman–Crippen MR) is 90.7 cm³/mol. The van der Waals surface area contributed by atoms with Crippen LogP contribution in [0, 0.1) is 0 Å². The molecule has 0 bridgehead atoms. The van der Waals surface area contributed by atoms with E-state index in [9.17, 15) is 4.79 Å². The molecule has 0 fully saturated rings. The maximum Gasteiger partial charge on any atom is 0.412 e. The Labute approximate surface area is 138 Å². The zero-order chi connectivity index (χ0) is 16.2. The highest BCUT2D eigenvalue weighted by molar-refractivity contribution is 7.15. The van der Waals surface area contributed by atoms with E-state index in [4.69, 9.17) is 16.3 Å². The first-order valence-corrected chi connectivity index (χ1v) is 7.95. The van der Waals surface area contributed by atoms with Crippen LogP contribution in [-0.4, -0.2) is 16.7 Å². The Hall–Kier alpha value is -1.79. The third-order valence-electron chi connectivity index (χ3n) is 2.50. The number of anilines is 2. The molecule has 1 aromatic heterocycles. The number of nitrogens with zero attached hydrogens (tertiary/aromatic N) is 1. The summed E-state index contributed by atoms with van der Waals surface area (Å²) >= 11 is 7.28. The van der Waals surface area contributed by atoms with Crippen molar-refractivity contribution in [2.75, 3.05) is 10.6 Å².